The Balaban J connectivity index is 2.20. The Hall–Kier alpha value is -0.830. The fourth-order valence-electron chi connectivity index (χ4n) is 1.25. The van der Waals surface area contributed by atoms with Crippen molar-refractivity contribution in [3.63, 3.8) is 0 Å². The minimum Gasteiger partial charge on any atom is -0.311 e. The molecular weight excluding hydrogens is 174 g/mol. The molecule has 0 aromatic carbocycles. The van der Waals surface area contributed by atoms with Gasteiger partial charge >= 0.3 is 0 Å². The Morgan fingerprint density at radius 1 is 1.43 bits per heavy atom. The summed E-state index contributed by atoms with van der Waals surface area (Å²) in [7, 11) is 1.97. The van der Waals surface area contributed by atoms with Crippen molar-refractivity contribution in [2.24, 2.45) is 12.5 Å². The lowest BCUT2D eigenvalue weighted by atomic mass is 9.92. The molecule has 0 saturated carbocycles. The van der Waals surface area contributed by atoms with Crippen LogP contribution < -0.4 is 5.32 Å². The molecule has 0 amide bonds. The molecule has 3 nitrogen and oxygen atoms in total. The second-order valence-electron chi connectivity index (χ2n) is 4.93. The van der Waals surface area contributed by atoms with Crippen LogP contribution in [0.25, 0.3) is 0 Å². The topological polar surface area (TPSA) is 29.9 Å². The highest BCUT2D eigenvalue weighted by Crippen LogP contribution is 2.16. The number of rotatable bonds is 4. The number of aryl methyl sites for hydroxylation is 1. The molecule has 80 valence electrons. The first kappa shape index (κ1) is 11.2. The standard InChI is InChI=1S/C11H21N3/c1-11(2,3)6-8-12-9-10-5-7-13-14(10)4/h5,7,12H,6,8-9H2,1-4H3. The molecule has 0 saturated heterocycles. The summed E-state index contributed by atoms with van der Waals surface area (Å²) in [4.78, 5) is 0. The molecular formula is C11H21N3. The van der Waals surface area contributed by atoms with E-state index >= 15 is 0 Å². The Labute approximate surface area is 86.5 Å². The van der Waals surface area contributed by atoms with E-state index in [1.807, 2.05) is 24.0 Å². The summed E-state index contributed by atoms with van der Waals surface area (Å²) in [6.07, 6.45) is 3.03. The van der Waals surface area contributed by atoms with Gasteiger partial charge in [-0.05, 0) is 24.4 Å². The summed E-state index contributed by atoms with van der Waals surface area (Å²) >= 11 is 0. The molecule has 14 heavy (non-hydrogen) atoms. The van der Waals surface area contributed by atoms with Crippen LogP contribution in [-0.2, 0) is 13.6 Å². The van der Waals surface area contributed by atoms with Gasteiger partial charge in [0.2, 0.25) is 0 Å². The zero-order valence-electron chi connectivity index (χ0n) is 9.67. The zero-order chi connectivity index (χ0) is 10.6. The van der Waals surface area contributed by atoms with Gasteiger partial charge in [-0.2, -0.15) is 5.10 Å². The average Bonchev–Trinajstić information content (AvgIpc) is 2.44. The van der Waals surface area contributed by atoms with Crippen LogP contribution in [0.15, 0.2) is 12.3 Å². The SMILES string of the molecule is Cn1nccc1CNCCC(C)(C)C. The van der Waals surface area contributed by atoms with E-state index in [9.17, 15) is 0 Å². The summed E-state index contributed by atoms with van der Waals surface area (Å²) in [6, 6.07) is 2.05. The number of nitrogens with zero attached hydrogens (tertiary/aromatic N) is 2. The lowest BCUT2D eigenvalue weighted by Gasteiger charge is -2.18. The number of nitrogens with one attached hydrogen (secondary N) is 1. The summed E-state index contributed by atoms with van der Waals surface area (Å²) < 4.78 is 1.91. The van der Waals surface area contributed by atoms with Gasteiger partial charge in [-0.25, -0.2) is 0 Å². The van der Waals surface area contributed by atoms with E-state index in [0.717, 1.165) is 13.1 Å². The fraction of sp³-hybridized carbons (Fsp3) is 0.727. The van der Waals surface area contributed by atoms with Gasteiger partial charge in [-0.3, -0.25) is 4.68 Å². The summed E-state index contributed by atoms with van der Waals surface area (Å²) in [5, 5.41) is 7.55. The van der Waals surface area contributed by atoms with Gasteiger partial charge in [0.15, 0.2) is 0 Å². The normalized spacial score (nSPS) is 12.0. The van der Waals surface area contributed by atoms with Gasteiger partial charge in [0.25, 0.3) is 0 Å². The second-order valence-corrected chi connectivity index (χ2v) is 4.93. The molecule has 1 heterocycles. The highest BCUT2D eigenvalue weighted by atomic mass is 15.3. The van der Waals surface area contributed by atoms with Crippen LogP contribution >= 0.6 is 0 Å². The number of hydrogen-bond donors (Lipinski definition) is 1. The Morgan fingerprint density at radius 3 is 2.64 bits per heavy atom. The molecule has 1 rings (SSSR count). The summed E-state index contributed by atoms with van der Waals surface area (Å²) in [6.45, 7) is 8.76. The third kappa shape index (κ3) is 3.92. The minimum absolute atomic E-state index is 0.416. The molecule has 0 bridgehead atoms. The maximum atomic E-state index is 4.12. The Morgan fingerprint density at radius 2 is 2.14 bits per heavy atom. The molecule has 1 aromatic heterocycles. The highest BCUT2D eigenvalue weighted by Gasteiger charge is 2.08. The summed E-state index contributed by atoms with van der Waals surface area (Å²) in [5.74, 6) is 0. The summed E-state index contributed by atoms with van der Waals surface area (Å²) in [5.41, 5.74) is 1.65. The molecule has 1 aromatic rings. The molecule has 0 aliphatic heterocycles. The van der Waals surface area contributed by atoms with E-state index in [1.165, 1.54) is 12.1 Å². The zero-order valence-corrected chi connectivity index (χ0v) is 9.67. The van der Waals surface area contributed by atoms with Crippen LogP contribution in [0.3, 0.4) is 0 Å². The Bertz CT molecular complexity index is 270. The predicted octanol–water partition coefficient (Wildman–Crippen LogP) is 1.95. The van der Waals surface area contributed by atoms with Crippen LogP contribution in [0.1, 0.15) is 32.9 Å². The first-order valence-corrected chi connectivity index (χ1v) is 5.17. The van der Waals surface area contributed by atoms with E-state index in [4.69, 9.17) is 0 Å². The predicted molar refractivity (Wildman–Crippen MR) is 59.0 cm³/mol. The van der Waals surface area contributed by atoms with E-state index < -0.39 is 0 Å². The van der Waals surface area contributed by atoms with Crippen LogP contribution in [0, 0.1) is 5.41 Å². The maximum absolute atomic E-state index is 4.12. The van der Waals surface area contributed by atoms with Crippen molar-refractivity contribution in [1.82, 2.24) is 15.1 Å². The maximum Gasteiger partial charge on any atom is 0.0518 e. The van der Waals surface area contributed by atoms with Crippen molar-refractivity contribution < 1.29 is 0 Å². The largest absolute Gasteiger partial charge is 0.311 e. The van der Waals surface area contributed by atoms with E-state index in [1.54, 1.807) is 0 Å². The fourth-order valence-corrected chi connectivity index (χ4v) is 1.25. The minimum atomic E-state index is 0.416. The van der Waals surface area contributed by atoms with Gasteiger partial charge in [0, 0.05) is 19.8 Å². The molecule has 0 fully saturated rings. The quantitative estimate of drug-likeness (QED) is 0.744. The molecule has 1 N–H and O–H groups in total. The van der Waals surface area contributed by atoms with Crippen molar-refractivity contribution in [2.45, 2.75) is 33.7 Å². The van der Waals surface area contributed by atoms with Crippen molar-refractivity contribution in [3.8, 4) is 0 Å². The van der Waals surface area contributed by atoms with Gasteiger partial charge in [-0.1, -0.05) is 20.8 Å². The van der Waals surface area contributed by atoms with E-state index in [-0.39, 0.29) is 0 Å². The smallest absolute Gasteiger partial charge is 0.0518 e. The third-order valence-electron chi connectivity index (χ3n) is 2.28. The molecule has 0 unspecified atom stereocenters. The van der Waals surface area contributed by atoms with Gasteiger partial charge in [-0.15, -0.1) is 0 Å². The first-order valence-electron chi connectivity index (χ1n) is 5.17. The lowest BCUT2D eigenvalue weighted by molar-refractivity contribution is 0.365. The van der Waals surface area contributed by atoms with E-state index in [0.29, 0.717) is 5.41 Å². The molecule has 0 atom stereocenters. The van der Waals surface area contributed by atoms with Crippen LogP contribution in [0.5, 0.6) is 0 Å². The average molecular weight is 195 g/mol. The number of hydrogen-bond acceptors (Lipinski definition) is 2. The van der Waals surface area contributed by atoms with Crippen molar-refractivity contribution in [3.05, 3.63) is 18.0 Å². The van der Waals surface area contributed by atoms with Crippen LogP contribution in [0.4, 0.5) is 0 Å². The van der Waals surface area contributed by atoms with Crippen molar-refractivity contribution in [2.75, 3.05) is 6.54 Å². The first-order chi connectivity index (χ1) is 6.49. The second kappa shape index (κ2) is 4.60. The molecule has 0 spiro atoms. The monoisotopic (exact) mass is 195 g/mol. The van der Waals surface area contributed by atoms with Crippen molar-refractivity contribution >= 4 is 0 Å². The van der Waals surface area contributed by atoms with Crippen molar-refractivity contribution in [1.29, 1.82) is 0 Å². The third-order valence-corrected chi connectivity index (χ3v) is 2.28. The lowest BCUT2D eigenvalue weighted by Crippen LogP contribution is -2.21. The van der Waals surface area contributed by atoms with Gasteiger partial charge in [0.05, 0.1) is 5.69 Å². The van der Waals surface area contributed by atoms with Crippen LogP contribution in [-0.4, -0.2) is 16.3 Å². The van der Waals surface area contributed by atoms with Gasteiger partial charge < -0.3 is 5.32 Å². The molecule has 0 radical (unpaired) electrons. The number of aromatic nitrogens is 2. The molecule has 0 aliphatic carbocycles. The molecule has 0 aliphatic rings. The Kier molecular flexibility index (Phi) is 3.69. The van der Waals surface area contributed by atoms with Crippen LogP contribution in [0.2, 0.25) is 0 Å². The van der Waals surface area contributed by atoms with E-state index in [2.05, 4.69) is 31.2 Å². The highest BCUT2D eigenvalue weighted by molar-refractivity contribution is 4.98. The molecule has 3 heteroatoms. The van der Waals surface area contributed by atoms with Gasteiger partial charge in [0.1, 0.15) is 0 Å².